The lowest BCUT2D eigenvalue weighted by molar-refractivity contribution is -0.00581. The molecular formula is C13H18O2. The summed E-state index contributed by atoms with van der Waals surface area (Å²) in [4.78, 5) is 0. The SMILES string of the molecule is C/C=C/[C@@H](OCC)[C@@H](O)c1ccccc1. The number of benzene rings is 1. The molecule has 1 rings (SSSR count). The Kier molecular flexibility index (Phi) is 5.08. The van der Waals surface area contributed by atoms with Crippen LogP contribution in [0.1, 0.15) is 25.5 Å². The first-order valence-corrected chi connectivity index (χ1v) is 5.27. The summed E-state index contributed by atoms with van der Waals surface area (Å²) in [5, 5.41) is 10.1. The molecule has 0 spiro atoms. The first kappa shape index (κ1) is 12.0. The van der Waals surface area contributed by atoms with E-state index in [2.05, 4.69) is 0 Å². The lowest BCUT2D eigenvalue weighted by Gasteiger charge is -2.20. The number of aliphatic hydroxyl groups is 1. The smallest absolute Gasteiger partial charge is 0.109 e. The molecule has 0 saturated carbocycles. The van der Waals surface area contributed by atoms with Gasteiger partial charge in [0.05, 0.1) is 0 Å². The average Bonchev–Trinajstić information content (AvgIpc) is 2.29. The van der Waals surface area contributed by atoms with Gasteiger partial charge in [-0.2, -0.15) is 0 Å². The van der Waals surface area contributed by atoms with Crippen molar-refractivity contribution >= 4 is 0 Å². The topological polar surface area (TPSA) is 29.5 Å². The molecule has 0 bridgehead atoms. The third kappa shape index (κ3) is 3.50. The Morgan fingerprint density at radius 3 is 2.53 bits per heavy atom. The van der Waals surface area contributed by atoms with Gasteiger partial charge in [-0.1, -0.05) is 42.5 Å². The van der Waals surface area contributed by atoms with Gasteiger partial charge in [-0.15, -0.1) is 0 Å². The highest BCUT2D eigenvalue weighted by molar-refractivity contribution is 5.19. The Morgan fingerprint density at radius 2 is 2.00 bits per heavy atom. The fourth-order valence-corrected chi connectivity index (χ4v) is 1.47. The van der Waals surface area contributed by atoms with Gasteiger partial charge in [-0.05, 0) is 19.4 Å². The second kappa shape index (κ2) is 6.38. The van der Waals surface area contributed by atoms with Crippen LogP contribution in [0.2, 0.25) is 0 Å². The van der Waals surface area contributed by atoms with Gasteiger partial charge in [0, 0.05) is 6.61 Å². The molecule has 0 aliphatic rings. The molecule has 1 aromatic rings. The Bertz CT molecular complexity index is 293. The predicted molar refractivity (Wildman–Crippen MR) is 61.6 cm³/mol. The average molecular weight is 206 g/mol. The summed E-state index contributed by atoms with van der Waals surface area (Å²) in [5.41, 5.74) is 0.883. The number of hydrogen-bond donors (Lipinski definition) is 1. The molecule has 0 unspecified atom stereocenters. The summed E-state index contributed by atoms with van der Waals surface area (Å²) in [5.74, 6) is 0. The molecule has 0 aromatic heterocycles. The molecule has 1 N–H and O–H groups in total. The second-order valence-corrected chi connectivity index (χ2v) is 3.30. The zero-order valence-corrected chi connectivity index (χ0v) is 9.26. The fraction of sp³-hybridized carbons (Fsp3) is 0.385. The van der Waals surface area contributed by atoms with Crippen molar-refractivity contribution in [3.63, 3.8) is 0 Å². The molecule has 0 heterocycles. The van der Waals surface area contributed by atoms with Crippen molar-refractivity contribution in [2.24, 2.45) is 0 Å². The summed E-state index contributed by atoms with van der Waals surface area (Å²) in [6.07, 6.45) is 2.91. The maximum absolute atomic E-state index is 10.1. The van der Waals surface area contributed by atoms with Crippen LogP contribution < -0.4 is 0 Å². The molecule has 2 heteroatoms. The molecule has 0 fully saturated rings. The molecule has 2 atom stereocenters. The monoisotopic (exact) mass is 206 g/mol. The predicted octanol–water partition coefficient (Wildman–Crippen LogP) is 2.70. The van der Waals surface area contributed by atoms with Crippen LogP contribution in [0.25, 0.3) is 0 Å². The van der Waals surface area contributed by atoms with E-state index in [1.165, 1.54) is 0 Å². The van der Waals surface area contributed by atoms with Crippen LogP contribution in [0.5, 0.6) is 0 Å². The molecule has 15 heavy (non-hydrogen) atoms. The van der Waals surface area contributed by atoms with Gasteiger partial charge in [-0.25, -0.2) is 0 Å². The fourth-order valence-electron chi connectivity index (χ4n) is 1.47. The van der Waals surface area contributed by atoms with Crippen LogP contribution >= 0.6 is 0 Å². The number of allylic oxidation sites excluding steroid dienone is 1. The van der Waals surface area contributed by atoms with Crippen LogP contribution in [0.3, 0.4) is 0 Å². The Hall–Kier alpha value is -1.12. The first-order valence-electron chi connectivity index (χ1n) is 5.27. The van der Waals surface area contributed by atoms with E-state index in [0.29, 0.717) is 6.61 Å². The van der Waals surface area contributed by atoms with E-state index in [4.69, 9.17) is 4.74 Å². The van der Waals surface area contributed by atoms with Gasteiger partial charge >= 0.3 is 0 Å². The molecule has 0 saturated heterocycles. The van der Waals surface area contributed by atoms with E-state index in [9.17, 15) is 5.11 Å². The highest BCUT2D eigenvalue weighted by atomic mass is 16.5. The highest BCUT2D eigenvalue weighted by Crippen LogP contribution is 2.19. The van der Waals surface area contributed by atoms with Crippen molar-refractivity contribution < 1.29 is 9.84 Å². The van der Waals surface area contributed by atoms with Gasteiger partial charge in [0.15, 0.2) is 0 Å². The van der Waals surface area contributed by atoms with E-state index >= 15 is 0 Å². The first-order chi connectivity index (χ1) is 7.29. The number of rotatable bonds is 5. The van der Waals surface area contributed by atoms with E-state index in [-0.39, 0.29) is 6.10 Å². The van der Waals surface area contributed by atoms with E-state index in [1.807, 2.05) is 56.3 Å². The largest absolute Gasteiger partial charge is 0.385 e. The maximum Gasteiger partial charge on any atom is 0.109 e. The zero-order valence-electron chi connectivity index (χ0n) is 9.26. The molecule has 0 amide bonds. The Labute approximate surface area is 91.2 Å². The molecule has 2 nitrogen and oxygen atoms in total. The van der Waals surface area contributed by atoms with Crippen molar-refractivity contribution in [3.8, 4) is 0 Å². The van der Waals surface area contributed by atoms with Gasteiger partial charge in [0.2, 0.25) is 0 Å². The van der Waals surface area contributed by atoms with Crippen molar-refractivity contribution in [2.75, 3.05) is 6.61 Å². The van der Waals surface area contributed by atoms with Crippen molar-refractivity contribution in [1.82, 2.24) is 0 Å². The number of ether oxygens (including phenoxy) is 1. The minimum atomic E-state index is -0.595. The van der Waals surface area contributed by atoms with E-state index in [1.54, 1.807) is 0 Å². The minimum absolute atomic E-state index is 0.262. The molecule has 0 aliphatic carbocycles. The van der Waals surface area contributed by atoms with Crippen molar-refractivity contribution in [1.29, 1.82) is 0 Å². The molecule has 1 aromatic carbocycles. The molecule has 0 aliphatic heterocycles. The van der Waals surface area contributed by atoms with E-state index < -0.39 is 6.10 Å². The normalized spacial score (nSPS) is 15.4. The van der Waals surface area contributed by atoms with Crippen molar-refractivity contribution in [2.45, 2.75) is 26.1 Å². The van der Waals surface area contributed by atoms with Gasteiger partial charge in [-0.3, -0.25) is 0 Å². The summed E-state index contributed by atoms with van der Waals surface area (Å²) in [7, 11) is 0. The number of hydrogen-bond acceptors (Lipinski definition) is 2. The lowest BCUT2D eigenvalue weighted by atomic mass is 10.0. The van der Waals surface area contributed by atoms with Gasteiger partial charge in [0.1, 0.15) is 12.2 Å². The van der Waals surface area contributed by atoms with Crippen LogP contribution in [-0.4, -0.2) is 17.8 Å². The van der Waals surface area contributed by atoms with E-state index in [0.717, 1.165) is 5.56 Å². The van der Waals surface area contributed by atoms with Gasteiger partial charge < -0.3 is 9.84 Å². The maximum atomic E-state index is 10.1. The quantitative estimate of drug-likeness (QED) is 0.750. The summed E-state index contributed by atoms with van der Waals surface area (Å²) in [6, 6.07) is 9.57. The van der Waals surface area contributed by atoms with Crippen LogP contribution in [-0.2, 0) is 4.74 Å². The third-order valence-electron chi connectivity index (χ3n) is 2.19. The van der Waals surface area contributed by atoms with Gasteiger partial charge in [0.25, 0.3) is 0 Å². The third-order valence-corrected chi connectivity index (χ3v) is 2.19. The van der Waals surface area contributed by atoms with Crippen LogP contribution in [0, 0.1) is 0 Å². The van der Waals surface area contributed by atoms with Crippen LogP contribution in [0.15, 0.2) is 42.5 Å². The zero-order chi connectivity index (χ0) is 11.1. The van der Waals surface area contributed by atoms with Crippen LogP contribution in [0.4, 0.5) is 0 Å². The summed E-state index contributed by atoms with van der Waals surface area (Å²) >= 11 is 0. The Morgan fingerprint density at radius 1 is 1.33 bits per heavy atom. The molecule has 82 valence electrons. The van der Waals surface area contributed by atoms with Crippen molar-refractivity contribution in [3.05, 3.63) is 48.0 Å². The summed E-state index contributed by atoms with van der Waals surface area (Å²) in [6.45, 7) is 4.44. The molecule has 0 radical (unpaired) electrons. The standard InChI is InChI=1S/C13H18O2/c1-3-8-12(15-4-2)13(14)11-9-6-5-7-10-11/h3,5-10,12-14H,4H2,1-2H3/b8-3+/t12-,13+/m1/s1. The highest BCUT2D eigenvalue weighted by Gasteiger charge is 2.17. The Balaban J connectivity index is 2.76. The lowest BCUT2D eigenvalue weighted by Crippen LogP contribution is -2.20. The summed E-state index contributed by atoms with van der Waals surface area (Å²) < 4.78 is 5.46. The second-order valence-electron chi connectivity index (χ2n) is 3.30. The minimum Gasteiger partial charge on any atom is -0.385 e. The molecular weight excluding hydrogens is 188 g/mol. The number of aliphatic hydroxyl groups excluding tert-OH is 1.